The Morgan fingerprint density at radius 1 is 1.16 bits per heavy atom. The van der Waals surface area contributed by atoms with Crippen molar-refractivity contribution in [2.24, 2.45) is 11.8 Å². The quantitative estimate of drug-likeness (QED) is 0.253. The smallest absolute Gasteiger partial charge is 0.383 e. The fraction of sp³-hybridized carbons (Fsp3) is 0.571. The van der Waals surface area contributed by atoms with Crippen LogP contribution in [0.2, 0.25) is 0 Å². The highest BCUT2D eigenvalue weighted by atomic mass is 19.4. The summed E-state index contributed by atoms with van der Waals surface area (Å²) in [7, 11) is 0. The van der Waals surface area contributed by atoms with Gasteiger partial charge in [0.2, 0.25) is 11.9 Å². The van der Waals surface area contributed by atoms with E-state index in [1.54, 1.807) is 10.00 Å². The van der Waals surface area contributed by atoms with Crippen LogP contribution in [0.1, 0.15) is 37.3 Å². The number of aromatic amines is 1. The number of hydrogen-bond acceptors (Lipinski definition) is 8. The molecule has 2 aromatic rings. The number of piperidine rings is 1. The van der Waals surface area contributed by atoms with E-state index in [0.717, 1.165) is 18.6 Å². The lowest BCUT2D eigenvalue weighted by molar-refractivity contribution is -0.139. The molecule has 1 saturated heterocycles. The zero-order valence-electron chi connectivity index (χ0n) is 19.6. The Labute approximate surface area is 206 Å². The van der Waals surface area contributed by atoms with Gasteiger partial charge >= 0.3 is 12.4 Å². The van der Waals surface area contributed by atoms with Gasteiger partial charge in [0, 0.05) is 38.4 Å². The SMILES string of the molecule is C[C@@H]1CN(c2ncc(C(F)(F)F)cn2)CC[C@H]1CC(=O)NOCCCNc1cn[nH]c(=O)c1C(F)(F)F. The first-order chi connectivity index (χ1) is 17.4. The molecule has 0 spiro atoms. The van der Waals surface area contributed by atoms with Gasteiger partial charge in [0.25, 0.3) is 5.56 Å². The van der Waals surface area contributed by atoms with Gasteiger partial charge in [-0.3, -0.25) is 14.4 Å². The Morgan fingerprint density at radius 2 is 1.86 bits per heavy atom. The first kappa shape index (κ1) is 28.1. The largest absolute Gasteiger partial charge is 0.423 e. The molecule has 0 aromatic carbocycles. The summed E-state index contributed by atoms with van der Waals surface area (Å²) >= 11 is 0. The fourth-order valence-electron chi connectivity index (χ4n) is 3.90. The number of carbonyl (C=O) groups excluding carboxylic acids is 1. The van der Waals surface area contributed by atoms with E-state index in [-0.39, 0.29) is 49.7 Å². The van der Waals surface area contributed by atoms with E-state index in [2.05, 4.69) is 25.9 Å². The Hall–Kier alpha value is -3.43. The molecule has 0 aliphatic carbocycles. The number of aromatic nitrogens is 4. The van der Waals surface area contributed by atoms with Crippen LogP contribution in [0.25, 0.3) is 0 Å². The minimum Gasteiger partial charge on any atom is -0.383 e. The molecule has 2 aromatic heterocycles. The number of rotatable bonds is 9. The van der Waals surface area contributed by atoms with Crippen molar-refractivity contribution in [1.82, 2.24) is 25.6 Å². The Balaban J connectivity index is 1.36. The number of hydroxylamine groups is 1. The molecule has 2 atom stereocenters. The monoisotopic (exact) mass is 537 g/mol. The molecule has 37 heavy (non-hydrogen) atoms. The predicted molar refractivity (Wildman–Crippen MR) is 118 cm³/mol. The van der Waals surface area contributed by atoms with Crippen LogP contribution in [0.15, 0.2) is 23.4 Å². The Morgan fingerprint density at radius 3 is 2.49 bits per heavy atom. The van der Waals surface area contributed by atoms with Crippen molar-refractivity contribution in [3.05, 3.63) is 40.1 Å². The second-order valence-corrected chi connectivity index (χ2v) is 8.59. The summed E-state index contributed by atoms with van der Waals surface area (Å²) in [6, 6.07) is 0. The van der Waals surface area contributed by atoms with E-state index in [1.807, 2.05) is 6.92 Å². The molecule has 3 N–H and O–H groups in total. The van der Waals surface area contributed by atoms with Crippen LogP contribution in [0.5, 0.6) is 0 Å². The van der Waals surface area contributed by atoms with Gasteiger partial charge in [-0.05, 0) is 24.7 Å². The molecular formula is C21H25F6N7O3. The van der Waals surface area contributed by atoms with E-state index >= 15 is 0 Å². The molecule has 16 heteroatoms. The maximum atomic E-state index is 13.0. The molecule has 0 saturated carbocycles. The topological polar surface area (TPSA) is 125 Å². The number of anilines is 2. The number of carbonyl (C=O) groups is 1. The van der Waals surface area contributed by atoms with E-state index in [4.69, 9.17) is 4.84 Å². The molecule has 0 unspecified atom stereocenters. The number of hydrogen-bond donors (Lipinski definition) is 3. The maximum Gasteiger partial charge on any atom is 0.423 e. The zero-order chi connectivity index (χ0) is 27.2. The van der Waals surface area contributed by atoms with Gasteiger partial charge in [0.15, 0.2) is 0 Å². The summed E-state index contributed by atoms with van der Waals surface area (Å²) in [5.74, 6) is -0.152. The summed E-state index contributed by atoms with van der Waals surface area (Å²) in [6.45, 7) is 2.89. The minimum atomic E-state index is -4.85. The van der Waals surface area contributed by atoms with Gasteiger partial charge < -0.3 is 10.2 Å². The third-order valence-corrected chi connectivity index (χ3v) is 5.84. The number of nitrogens with one attached hydrogen (secondary N) is 3. The summed E-state index contributed by atoms with van der Waals surface area (Å²) in [5.41, 5.74) is -1.81. The van der Waals surface area contributed by atoms with Gasteiger partial charge in [0.05, 0.1) is 24.1 Å². The standard InChI is InChI=1S/C21H25F6N7O3/c1-12-11-34(19-29-8-14(9-30-19)20(22,23)24)5-3-13(12)7-16(35)33-37-6-2-4-28-15-10-31-32-18(36)17(15)21(25,26)27/h8-10,12-13H,2-7,11H2,1H3,(H,33,35)(H2,28,32,36)/t12-,13+/m1/s1. The molecule has 1 amide bonds. The van der Waals surface area contributed by atoms with Crippen molar-refractivity contribution in [3.8, 4) is 0 Å². The van der Waals surface area contributed by atoms with Crippen LogP contribution < -0.4 is 21.3 Å². The van der Waals surface area contributed by atoms with Gasteiger partial charge in [-0.1, -0.05) is 6.92 Å². The first-order valence-corrected chi connectivity index (χ1v) is 11.3. The van der Waals surface area contributed by atoms with Gasteiger partial charge in [-0.2, -0.15) is 31.4 Å². The highest BCUT2D eigenvalue weighted by Gasteiger charge is 2.37. The van der Waals surface area contributed by atoms with E-state index in [9.17, 15) is 35.9 Å². The predicted octanol–water partition coefficient (Wildman–Crippen LogP) is 3.00. The van der Waals surface area contributed by atoms with Gasteiger partial charge in [-0.25, -0.2) is 20.5 Å². The van der Waals surface area contributed by atoms with E-state index in [0.29, 0.717) is 19.5 Å². The van der Waals surface area contributed by atoms with Gasteiger partial charge in [-0.15, -0.1) is 0 Å². The van der Waals surface area contributed by atoms with Crippen molar-refractivity contribution >= 4 is 17.5 Å². The van der Waals surface area contributed by atoms with Crippen LogP contribution in [0.3, 0.4) is 0 Å². The van der Waals surface area contributed by atoms with Crippen molar-refractivity contribution < 1.29 is 36.0 Å². The molecule has 0 radical (unpaired) electrons. The summed E-state index contributed by atoms with van der Waals surface area (Å²) < 4.78 is 77.1. The fourth-order valence-corrected chi connectivity index (χ4v) is 3.90. The normalized spacial score (nSPS) is 18.5. The van der Waals surface area contributed by atoms with Crippen LogP contribution >= 0.6 is 0 Å². The average Bonchev–Trinajstić information content (AvgIpc) is 2.81. The van der Waals surface area contributed by atoms with Gasteiger partial charge in [0.1, 0.15) is 5.56 Å². The molecule has 10 nitrogen and oxygen atoms in total. The zero-order valence-corrected chi connectivity index (χ0v) is 19.6. The van der Waals surface area contributed by atoms with E-state index < -0.39 is 34.7 Å². The molecule has 3 rings (SSSR count). The Kier molecular flexibility index (Phi) is 8.94. The molecule has 204 valence electrons. The average molecular weight is 537 g/mol. The minimum absolute atomic E-state index is 0.000395. The van der Waals surface area contributed by atoms with Crippen molar-refractivity contribution in [3.63, 3.8) is 0 Å². The number of alkyl halides is 6. The molecule has 1 fully saturated rings. The first-order valence-electron chi connectivity index (χ1n) is 11.3. The lowest BCUT2D eigenvalue weighted by atomic mass is 9.84. The molecule has 1 aliphatic heterocycles. The van der Waals surface area contributed by atoms with E-state index in [1.165, 1.54) is 0 Å². The highest BCUT2D eigenvalue weighted by molar-refractivity contribution is 5.75. The van der Waals surface area contributed by atoms with Crippen LogP contribution in [-0.4, -0.2) is 52.3 Å². The molecular weight excluding hydrogens is 512 g/mol. The second kappa shape index (κ2) is 11.7. The Bertz CT molecular complexity index is 1110. The van der Waals surface area contributed by atoms with Crippen molar-refractivity contribution in [1.29, 1.82) is 0 Å². The highest BCUT2D eigenvalue weighted by Crippen LogP contribution is 2.32. The molecule has 1 aliphatic rings. The maximum absolute atomic E-state index is 13.0. The third kappa shape index (κ3) is 7.77. The van der Waals surface area contributed by atoms with Crippen LogP contribution in [0.4, 0.5) is 38.0 Å². The molecule has 0 bridgehead atoms. The lowest BCUT2D eigenvalue weighted by Gasteiger charge is -2.36. The van der Waals surface area contributed by atoms with Crippen molar-refractivity contribution in [2.45, 2.75) is 38.5 Å². The summed E-state index contributed by atoms with van der Waals surface area (Å²) in [6.07, 6.45) is -6.03. The summed E-state index contributed by atoms with van der Waals surface area (Å²) in [5, 5.41) is 7.58. The van der Waals surface area contributed by atoms with Crippen LogP contribution in [-0.2, 0) is 22.0 Å². The number of H-pyrrole nitrogens is 1. The number of halogens is 6. The third-order valence-electron chi connectivity index (χ3n) is 5.84. The van der Waals surface area contributed by atoms with Crippen molar-refractivity contribution in [2.75, 3.05) is 36.5 Å². The molecule has 3 heterocycles. The number of nitrogens with zero attached hydrogens (tertiary/aromatic N) is 4. The lowest BCUT2D eigenvalue weighted by Crippen LogP contribution is -2.42. The van der Waals surface area contributed by atoms with Crippen LogP contribution in [0, 0.1) is 11.8 Å². The number of amides is 1. The summed E-state index contributed by atoms with van der Waals surface area (Å²) in [4.78, 5) is 38.1. The second-order valence-electron chi connectivity index (χ2n) is 8.59.